The van der Waals surface area contributed by atoms with Gasteiger partial charge in [-0.1, -0.05) is 31.0 Å². The Morgan fingerprint density at radius 1 is 1.24 bits per heavy atom. The molecule has 0 saturated heterocycles. The van der Waals surface area contributed by atoms with E-state index in [2.05, 4.69) is 10.0 Å². The number of nitrogens with one attached hydrogen (secondary N) is 2. The molecule has 0 aromatic heterocycles. The van der Waals surface area contributed by atoms with Gasteiger partial charge in [0.1, 0.15) is 6.04 Å². The van der Waals surface area contributed by atoms with Crippen LogP contribution in [0.25, 0.3) is 0 Å². The number of rotatable bonds is 10. The number of hydrogen-bond acceptors (Lipinski definition) is 5. The summed E-state index contributed by atoms with van der Waals surface area (Å²) in [6, 6.07) is 5.03. The highest BCUT2D eigenvalue weighted by atomic mass is 32.2. The second-order valence-corrected chi connectivity index (χ2v) is 7.29. The average Bonchev–Trinajstić information content (AvgIpc) is 2.54. The molecule has 0 saturated carbocycles. The van der Waals surface area contributed by atoms with Gasteiger partial charge in [0.2, 0.25) is 10.0 Å². The number of benzene rings is 1. The molecule has 1 atom stereocenters. The number of aryl methyl sites for hydroxylation is 1. The lowest BCUT2D eigenvalue weighted by Gasteiger charge is -2.15. The highest BCUT2D eigenvalue weighted by Crippen LogP contribution is 2.09. The maximum Gasteiger partial charge on any atom is 0.407 e. The molecule has 1 aromatic carbocycles. The predicted molar refractivity (Wildman–Crippen MR) is 91.8 cm³/mol. The van der Waals surface area contributed by atoms with Crippen molar-refractivity contribution in [3.05, 3.63) is 29.8 Å². The van der Waals surface area contributed by atoms with E-state index < -0.39 is 28.1 Å². The van der Waals surface area contributed by atoms with Crippen LogP contribution in [-0.2, 0) is 19.6 Å². The minimum Gasteiger partial charge on any atom is -0.480 e. The number of carboxylic acid groups (broad SMARTS) is 1. The van der Waals surface area contributed by atoms with Gasteiger partial charge < -0.3 is 15.2 Å². The fourth-order valence-electron chi connectivity index (χ4n) is 1.89. The smallest absolute Gasteiger partial charge is 0.407 e. The SMILES string of the molecule is CCCCOC(=O)N[C@H](CCNS(=O)(=O)c1ccc(C)cc1)C(=O)O. The Kier molecular flexibility index (Phi) is 8.36. The molecule has 0 unspecified atom stereocenters. The summed E-state index contributed by atoms with van der Waals surface area (Å²) in [5.41, 5.74) is 0.927. The standard InChI is InChI=1S/C16H24N2O6S/c1-3-4-11-24-16(21)18-14(15(19)20)9-10-17-25(22,23)13-7-5-12(2)6-8-13/h5-8,14,17H,3-4,9-11H2,1-2H3,(H,18,21)(H,19,20)/t14-/m1/s1. The second-order valence-electron chi connectivity index (χ2n) is 5.52. The molecule has 0 radical (unpaired) electrons. The molecular weight excluding hydrogens is 348 g/mol. The molecule has 1 rings (SSSR count). The Hall–Kier alpha value is -2.13. The molecule has 25 heavy (non-hydrogen) atoms. The first-order valence-corrected chi connectivity index (χ1v) is 9.47. The van der Waals surface area contributed by atoms with Gasteiger partial charge in [0, 0.05) is 6.54 Å². The van der Waals surface area contributed by atoms with E-state index in [-0.39, 0.29) is 24.5 Å². The van der Waals surface area contributed by atoms with Crippen molar-refractivity contribution in [2.75, 3.05) is 13.2 Å². The Morgan fingerprint density at radius 3 is 2.44 bits per heavy atom. The molecule has 9 heteroatoms. The Bertz CT molecular complexity index is 672. The fraction of sp³-hybridized carbons (Fsp3) is 0.500. The second kappa shape index (κ2) is 10.00. The number of aliphatic carboxylic acids is 1. The van der Waals surface area contributed by atoms with E-state index in [4.69, 9.17) is 9.84 Å². The van der Waals surface area contributed by atoms with Crippen molar-refractivity contribution in [3.8, 4) is 0 Å². The van der Waals surface area contributed by atoms with E-state index in [1.807, 2.05) is 13.8 Å². The molecule has 1 amide bonds. The zero-order chi connectivity index (χ0) is 18.9. The summed E-state index contributed by atoms with van der Waals surface area (Å²) < 4.78 is 31.4. The van der Waals surface area contributed by atoms with E-state index in [0.29, 0.717) is 6.42 Å². The first-order valence-electron chi connectivity index (χ1n) is 7.98. The molecular formula is C16H24N2O6S. The van der Waals surface area contributed by atoms with Gasteiger partial charge >= 0.3 is 12.1 Å². The van der Waals surface area contributed by atoms with Gasteiger partial charge in [-0.05, 0) is 31.9 Å². The van der Waals surface area contributed by atoms with Crippen LogP contribution in [0.2, 0.25) is 0 Å². The van der Waals surface area contributed by atoms with Crippen LogP contribution < -0.4 is 10.0 Å². The summed E-state index contributed by atoms with van der Waals surface area (Å²) in [4.78, 5) is 22.8. The first kappa shape index (κ1) is 20.9. The Morgan fingerprint density at radius 2 is 1.88 bits per heavy atom. The van der Waals surface area contributed by atoms with Crippen LogP contribution in [-0.4, -0.2) is 44.8 Å². The number of carbonyl (C=O) groups excluding carboxylic acids is 1. The molecule has 0 aliphatic carbocycles. The Labute approximate surface area is 147 Å². The molecule has 3 N–H and O–H groups in total. The lowest BCUT2D eigenvalue weighted by molar-refractivity contribution is -0.139. The van der Waals surface area contributed by atoms with Crippen molar-refractivity contribution in [1.82, 2.24) is 10.0 Å². The van der Waals surface area contributed by atoms with E-state index in [9.17, 15) is 18.0 Å². The zero-order valence-electron chi connectivity index (χ0n) is 14.3. The summed E-state index contributed by atoms with van der Waals surface area (Å²) in [6.45, 7) is 3.84. The molecule has 0 aliphatic heterocycles. The van der Waals surface area contributed by atoms with Gasteiger partial charge in [-0.25, -0.2) is 22.7 Å². The van der Waals surface area contributed by atoms with Crippen LogP contribution in [0.4, 0.5) is 4.79 Å². The number of carbonyl (C=O) groups is 2. The van der Waals surface area contributed by atoms with Crippen LogP contribution in [0.15, 0.2) is 29.2 Å². The van der Waals surface area contributed by atoms with Crippen LogP contribution in [0.5, 0.6) is 0 Å². The lowest BCUT2D eigenvalue weighted by Crippen LogP contribution is -2.43. The first-order chi connectivity index (χ1) is 11.8. The summed E-state index contributed by atoms with van der Waals surface area (Å²) in [5.74, 6) is -1.26. The number of amides is 1. The summed E-state index contributed by atoms with van der Waals surface area (Å²) >= 11 is 0. The highest BCUT2D eigenvalue weighted by Gasteiger charge is 2.22. The number of sulfonamides is 1. The summed E-state index contributed by atoms with van der Waals surface area (Å²) in [7, 11) is -3.73. The highest BCUT2D eigenvalue weighted by molar-refractivity contribution is 7.89. The molecule has 0 aliphatic rings. The molecule has 0 bridgehead atoms. The Balaban J connectivity index is 2.53. The minimum atomic E-state index is -3.73. The fourth-order valence-corrected chi connectivity index (χ4v) is 2.94. The monoisotopic (exact) mass is 372 g/mol. The minimum absolute atomic E-state index is 0.0944. The third-order valence-corrected chi connectivity index (χ3v) is 4.85. The van der Waals surface area contributed by atoms with Crippen molar-refractivity contribution in [3.63, 3.8) is 0 Å². The van der Waals surface area contributed by atoms with Gasteiger partial charge in [-0.3, -0.25) is 0 Å². The van der Waals surface area contributed by atoms with Crippen LogP contribution in [0, 0.1) is 6.92 Å². The molecule has 8 nitrogen and oxygen atoms in total. The number of unbranched alkanes of at least 4 members (excludes halogenated alkanes) is 1. The van der Waals surface area contributed by atoms with Crippen LogP contribution in [0.1, 0.15) is 31.7 Å². The number of alkyl carbamates (subject to hydrolysis) is 1. The normalized spacial score (nSPS) is 12.4. The van der Waals surface area contributed by atoms with Crippen molar-refractivity contribution in [1.29, 1.82) is 0 Å². The van der Waals surface area contributed by atoms with Gasteiger partial charge in [0.05, 0.1) is 11.5 Å². The topological polar surface area (TPSA) is 122 Å². The van der Waals surface area contributed by atoms with Gasteiger partial charge in [-0.15, -0.1) is 0 Å². The van der Waals surface area contributed by atoms with Crippen molar-refractivity contribution in [2.45, 2.75) is 44.0 Å². The predicted octanol–water partition coefficient (Wildman–Crippen LogP) is 1.64. The van der Waals surface area contributed by atoms with E-state index in [1.165, 1.54) is 12.1 Å². The van der Waals surface area contributed by atoms with Gasteiger partial charge in [0.25, 0.3) is 0 Å². The van der Waals surface area contributed by atoms with Crippen molar-refractivity contribution < 1.29 is 27.9 Å². The average molecular weight is 372 g/mol. The molecule has 1 aromatic rings. The summed E-state index contributed by atoms with van der Waals surface area (Å²) in [6.07, 6.45) is 0.587. The van der Waals surface area contributed by atoms with Crippen molar-refractivity contribution >= 4 is 22.1 Å². The summed E-state index contributed by atoms with van der Waals surface area (Å²) in [5, 5.41) is 11.3. The quantitative estimate of drug-likeness (QED) is 0.537. The van der Waals surface area contributed by atoms with Gasteiger partial charge in [-0.2, -0.15) is 0 Å². The number of ether oxygens (including phenoxy) is 1. The van der Waals surface area contributed by atoms with Crippen LogP contribution >= 0.6 is 0 Å². The third-order valence-electron chi connectivity index (χ3n) is 3.38. The number of hydrogen-bond donors (Lipinski definition) is 3. The van der Waals surface area contributed by atoms with Crippen molar-refractivity contribution in [2.24, 2.45) is 0 Å². The van der Waals surface area contributed by atoms with E-state index in [0.717, 1.165) is 12.0 Å². The maximum atomic E-state index is 12.1. The zero-order valence-corrected chi connectivity index (χ0v) is 15.1. The third kappa shape index (κ3) is 7.53. The van der Waals surface area contributed by atoms with Crippen LogP contribution in [0.3, 0.4) is 0 Å². The molecule has 140 valence electrons. The molecule has 0 spiro atoms. The molecule has 0 heterocycles. The lowest BCUT2D eigenvalue weighted by atomic mass is 10.2. The number of carboxylic acids is 1. The van der Waals surface area contributed by atoms with E-state index in [1.54, 1.807) is 12.1 Å². The van der Waals surface area contributed by atoms with Gasteiger partial charge in [0.15, 0.2) is 0 Å². The largest absolute Gasteiger partial charge is 0.480 e. The molecule has 0 fully saturated rings. The van der Waals surface area contributed by atoms with E-state index >= 15 is 0 Å². The maximum absolute atomic E-state index is 12.1.